The molecule has 8 heteroatoms. The van der Waals surface area contributed by atoms with Gasteiger partial charge in [0.15, 0.2) is 0 Å². The minimum absolute atomic E-state index is 0. The molecule has 1 rings (SSSR count). The summed E-state index contributed by atoms with van der Waals surface area (Å²) in [5.41, 5.74) is 6.66. The zero-order valence-corrected chi connectivity index (χ0v) is 14.3. The van der Waals surface area contributed by atoms with E-state index < -0.39 is 10.0 Å². The van der Waals surface area contributed by atoms with Crippen LogP contribution in [0, 0.1) is 0 Å². The summed E-state index contributed by atoms with van der Waals surface area (Å²) in [6.45, 7) is 2.48. The van der Waals surface area contributed by atoms with Crippen LogP contribution in [0.5, 0.6) is 0 Å². The number of hydrogen-bond acceptors (Lipinski definition) is 4. The fraction of sp³-hybridized carbons (Fsp3) is 0.500. The molecule has 6 nitrogen and oxygen atoms in total. The Hall–Kier alpha value is -1.15. The van der Waals surface area contributed by atoms with Gasteiger partial charge in [-0.2, -0.15) is 0 Å². The molecule has 0 saturated heterocycles. The Morgan fingerprint density at radius 3 is 2.32 bits per heavy atom. The summed E-state index contributed by atoms with van der Waals surface area (Å²) in [6, 6.07) is 6.31. The molecule has 1 aromatic rings. The monoisotopic (exact) mass is 349 g/mol. The smallest absolute Gasteiger partial charge is 0.251 e. The van der Waals surface area contributed by atoms with Gasteiger partial charge in [-0.25, -0.2) is 13.6 Å². The van der Waals surface area contributed by atoms with E-state index in [4.69, 9.17) is 10.9 Å². The SMILES string of the molecule is CCCCC(CN)NC(=O)c1ccc(CS(N)(=O)=O)cc1.Cl. The van der Waals surface area contributed by atoms with Crippen molar-refractivity contribution >= 4 is 28.3 Å². The highest BCUT2D eigenvalue weighted by atomic mass is 35.5. The van der Waals surface area contributed by atoms with Gasteiger partial charge in [0.1, 0.15) is 0 Å². The molecule has 126 valence electrons. The summed E-state index contributed by atoms with van der Waals surface area (Å²) in [4.78, 5) is 12.1. The molecule has 0 aliphatic carbocycles. The van der Waals surface area contributed by atoms with Gasteiger partial charge < -0.3 is 11.1 Å². The van der Waals surface area contributed by atoms with Gasteiger partial charge in [0.05, 0.1) is 5.75 Å². The molecule has 0 bridgehead atoms. The van der Waals surface area contributed by atoms with Gasteiger partial charge >= 0.3 is 0 Å². The number of unbranched alkanes of at least 4 members (excludes halogenated alkanes) is 1. The molecular weight excluding hydrogens is 326 g/mol. The predicted octanol–water partition coefficient (Wildman–Crippen LogP) is 1.14. The second-order valence-electron chi connectivity index (χ2n) is 5.05. The number of carbonyl (C=O) groups is 1. The summed E-state index contributed by atoms with van der Waals surface area (Å²) in [5, 5.41) is 7.85. The minimum atomic E-state index is -3.56. The third-order valence-corrected chi connectivity index (χ3v) is 3.85. The van der Waals surface area contributed by atoms with E-state index in [-0.39, 0.29) is 30.1 Å². The van der Waals surface area contributed by atoms with E-state index in [0.29, 0.717) is 17.7 Å². The Balaban J connectivity index is 0.00000441. The largest absolute Gasteiger partial charge is 0.348 e. The van der Waals surface area contributed by atoms with Crippen molar-refractivity contribution < 1.29 is 13.2 Å². The number of sulfonamides is 1. The first-order chi connectivity index (χ1) is 9.85. The third kappa shape index (κ3) is 7.74. The van der Waals surface area contributed by atoms with E-state index in [9.17, 15) is 13.2 Å². The Kier molecular flexibility index (Phi) is 9.27. The first-order valence-corrected chi connectivity index (χ1v) is 8.67. The van der Waals surface area contributed by atoms with Crippen LogP contribution in [0.25, 0.3) is 0 Å². The molecule has 0 aliphatic heterocycles. The fourth-order valence-corrected chi connectivity index (χ4v) is 2.61. The minimum Gasteiger partial charge on any atom is -0.348 e. The number of hydrogen-bond donors (Lipinski definition) is 3. The van der Waals surface area contributed by atoms with E-state index in [1.165, 1.54) is 0 Å². The van der Waals surface area contributed by atoms with Gasteiger partial charge in [-0.3, -0.25) is 4.79 Å². The number of amides is 1. The highest BCUT2D eigenvalue weighted by Gasteiger charge is 2.12. The van der Waals surface area contributed by atoms with Crippen molar-refractivity contribution in [3.8, 4) is 0 Å². The lowest BCUT2D eigenvalue weighted by Gasteiger charge is -2.16. The lowest BCUT2D eigenvalue weighted by Crippen LogP contribution is -2.40. The molecule has 1 unspecified atom stereocenters. The molecule has 1 atom stereocenters. The second kappa shape index (κ2) is 9.78. The van der Waals surface area contributed by atoms with Crippen molar-refractivity contribution in [1.82, 2.24) is 5.32 Å². The van der Waals surface area contributed by atoms with Crippen LogP contribution in [-0.2, 0) is 15.8 Å². The van der Waals surface area contributed by atoms with Crippen molar-refractivity contribution in [2.24, 2.45) is 10.9 Å². The molecule has 5 N–H and O–H groups in total. The highest BCUT2D eigenvalue weighted by molar-refractivity contribution is 7.88. The van der Waals surface area contributed by atoms with Crippen LogP contribution in [-0.4, -0.2) is 26.9 Å². The number of nitrogens with two attached hydrogens (primary N) is 2. The van der Waals surface area contributed by atoms with E-state index in [0.717, 1.165) is 19.3 Å². The molecule has 1 aromatic carbocycles. The molecular formula is C14H24ClN3O3S. The Morgan fingerprint density at radius 1 is 1.27 bits per heavy atom. The first-order valence-electron chi connectivity index (χ1n) is 6.96. The number of benzene rings is 1. The molecule has 0 fully saturated rings. The molecule has 22 heavy (non-hydrogen) atoms. The number of rotatable bonds is 8. The van der Waals surface area contributed by atoms with Gasteiger partial charge in [0.25, 0.3) is 5.91 Å². The van der Waals surface area contributed by atoms with Gasteiger partial charge in [-0.15, -0.1) is 12.4 Å². The standard InChI is InChI=1S/C14H23N3O3S.ClH/c1-2-3-4-13(9-15)17-14(18)12-7-5-11(6-8-12)10-21(16,19)20;/h5-8,13H,2-4,9-10,15H2,1H3,(H,17,18)(H2,16,19,20);1H. The maximum absolute atomic E-state index is 12.1. The molecule has 0 heterocycles. The lowest BCUT2D eigenvalue weighted by atomic mass is 10.1. The fourth-order valence-electron chi connectivity index (χ4n) is 1.95. The zero-order chi connectivity index (χ0) is 15.9. The van der Waals surface area contributed by atoms with Crippen LogP contribution < -0.4 is 16.2 Å². The molecule has 0 saturated carbocycles. The maximum atomic E-state index is 12.1. The Labute approximate surface area is 138 Å². The average molecular weight is 350 g/mol. The summed E-state index contributed by atoms with van der Waals surface area (Å²) in [7, 11) is -3.56. The molecule has 0 radical (unpaired) electrons. The van der Waals surface area contributed by atoms with E-state index in [1.54, 1.807) is 24.3 Å². The highest BCUT2D eigenvalue weighted by Crippen LogP contribution is 2.08. The van der Waals surface area contributed by atoms with Gasteiger partial charge in [-0.1, -0.05) is 31.9 Å². The number of nitrogens with one attached hydrogen (secondary N) is 1. The van der Waals surface area contributed by atoms with Crippen molar-refractivity contribution in [2.75, 3.05) is 6.54 Å². The van der Waals surface area contributed by atoms with Gasteiger partial charge in [-0.05, 0) is 24.1 Å². The lowest BCUT2D eigenvalue weighted by molar-refractivity contribution is 0.0936. The van der Waals surface area contributed by atoms with Crippen LogP contribution in [0.3, 0.4) is 0 Å². The van der Waals surface area contributed by atoms with Crippen LogP contribution in [0.4, 0.5) is 0 Å². The predicted molar refractivity (Wildman–Crippen MR) is 90.3 cm³/mol. The first kappa shape index (κ1) is 20.9. The number of halogens is 1. The quantitative estimate of drug-likeness (QED) is 0.652. The van der Waals surface area contributed by atoms with E-state index >= 15 is 0 Å². The average Bonchev–Trinajstić information content (AvgIpc) is 2.42. The third-order valence-electron chi connectivity index (χ3n) is 3.11. The Bertz CT molecular complexity index is 561. The Morgan fingerprint density at radius 2 is 1.86 bits per heavy atom. The van der Waals surface area contributed by atoms with Crippen molar-refractivity contribution in [3.63, 3.8) is 0 Å². The van der Waals surface area contributed by atoms with Crippen LogP contribution in [0.1, 0.15) is 42.1 Å². The summed E-state index contributed by atoms with van der Waals surface area (Å²) < 4.78 is 22.0. The summed E-state index contributed by atoms with van der Waals surface area (Å²) in [5.74, 6) is -0.444. The van der Waals surface area contributed by atoms with Crippen LogP contribution in [0.2, 0.25) is 0 Å². The molecule has 0 aromatic heterocycles. The van der Waals surface area contributed by atoms with Crippen molar-refractivity contribution in [3.05, 3.63) is 35.4 Å². The van der Waals surface area contributed by atoms with Gasteiger partial charge in [0.2, 0.25) is 10.0 Å². The normalized spacial score (nSPS) is 12.3. The molecule has 1 amide bonds. The molecule has 0 aliphatic rings. The number of carbonyl (C=O) groups excluding carboxylic acids is 1. The van der Waals surface area contributed by atoms with Gasteiger partial charge in [0, 0.05) is 18.2 Å². The maximum Gasteiger partial charge on any atom is 0.251 e. The topological polar surface area (TPSA) is 115 Å². The van der Waals surface area contributed by atoms with Crippen LogP contribution in [0.15, 0.2) is 24.3 Å². The van der Waals surface area contributed by atoms with Crippen LogP contribution >= 0.6 is 12.4 Å². The van der Waals surface area contributed by atoms with E-state index in [1.807, 2.05) is 0 Å². The zero-order valence-electron chi connectivity index (χ0n) is 12.6. The van der Waals surface area contributed by atoms with E-state index in [2.05, 4.69) is 12.2 Å². The summed E-state index contributed by atoms with van der Waals surface area (Å²) >= 11 is 0. The molecule has 0 spiro atoms. The second-order valence-corrected chi connectivity index (χ2v) is 6.67. The van der Waals surface area contributed by atoms with Crippen molar-refractivity contribution in [1.29, 1.82) is 0 Å². The summed E-state index contributed by atoms with van der Waals surface area (Å²) in [6.07, 6.45) is 2.91. The number of primary sulfonamides is 1. The van der Waals surface area contributed by atoms with Crippen molar-refractivity contribution in [2.45, 2.75) is 38.0 Å².